The number of hydrogen-bond donors (Lipinski definition) is 0. The summed E-state index contributed by atoms with van der Waals surface area (Å²) in [6.07, 6.45) is 3.40. The van der Waals surface area contributed by atoms with Gasteiger partial charge in [0, 0.05) is 29.7 Å². The van der Waals surface area contributed by atoms with Crippen LogP contribution in [-0.4, -0.2) is 9.97 Å². The molecule has 0 radical (unpaired) electrons. The Hall–Kier alpha value is -1.90. The summed E-state index contributed by atoms with van der Waals surface area (Å²) in [6.45, 7) is 3.90. The van der Waals surface area contributed by atoms with Gasteiger partial charge in [0.25, 0.3) is 0 Å². The molecule has 0 amide bonds. The maximum absolute atomic E-state index is 5.64. The Morgan fingerprint density at radius 2 is 1.80 bits per heavy atom. The highest BCUT2D eigenvalue weighted by molar-refractivity contribution is 5.31. The van der Waals surface area contributed by atoms with Crippen molar-refractivity contribution < 1.29 is 4.74 Å². The number of aryl methyl sites for hydroxylation is 2. The van der Waals surface area contributed by atoms with E-state index in [1.54, 1.807) is 12.4 Å². The van der Waals surface area contributed by atoms with Crippen molar-refractivity contribution in [3.63, 3.8) is 0 Å². The van der Waals surface area contributed by atoms with Crippen LogP contribution in [0.3, 0.4) is 0 Å². The minimum absolute atomic E-state index is 0.738. The first-order chi connectivity index (χ1) is 7.24. The van der Waals surface area contributed by atoms with Crippen LogP contribution < -0.4 is 4.74 Å². The lowest BCUT2D eigenvalue weighted by Gasteiger charge is -2.06. The fourth-order valence-corrected chi connectivity index (χ4v) is 1.40. The molecule has 0 bridgehead atoms. The molecule has 0 aromatic carbocycles. The van der Waals surface area contributed by atoms with Crippen LogP contribution in [0.15, 0.2) is 36.7 Å². The van der Waals surface area contributed by atoms with Crippen molar-refractivity contribution in [2.75, 3.05) is 0 Å². The minimum atomic E-state index is 0.738. The highest BCUT2D eigenvalue weighted by Gasteiger charge is 1.99. The van der Waals surface area contributed by atoms with Gasteiger partial charge in [-0.2, -0.15) is 0 Å². The molecule has 2 heterocycles. The Morgan fingerprint density at radius 3 is 2.40 bits per heavy atom. The highest BCUT2D eigenvalue weighted by atomic mass is 16.5. The van der Waals surface area contributed by atoms with Crippen molar-refractivity contribution in [3.8, 4) is 11.5 Å². The van der Waals surface area contributed by atoms with Gasteiger partial charge in [-0.05, 0) is 26.0 Å². The van der Waals surface area contributed by atoms with Crippen molar-refractivity contribution >= 4 is 0 Å². The molecule has 2 rings (SSSR count). The molecule has 0 aliphatic carbocycles. The van der Waals surface area contributed by atoms with Crippen LogP contribution in [0, 0.1) is 13.8 Å². The molecule has 76 valence electrons. The van der Waals surface area contributed by atoms with E-state index >= 15 is 0 Å². The van der Waals surface area contributed by atoms with Gasteiger partial charge in [-0.25, -0.2) is 0 Å². The Morgan fingerprint density at radius 1 is 1.07 bits per heavy atom. The normalized spacial score (nSPS) is 10.0. The second-order valence-corrected chi connectivity index (χ2v) is 3.38. The molecule has 15 heavy (non-hydrogen) atoms. The largest absolute Gasteiger partial charge is 0.456 e. The van der Waals surface area contributed by atoms with E-state index in [9.17, 15) is 0 Å². The lowest BCUT2D eigenvalue weighted by molar-refractivity contribution is 0.478. The summed E-state index contributed by atoms with van der Waals surface area (Å²) in [6, 6.07) is 7.52. The van der Waals surface area contributed by atoms with Crippen molar-refractivity contribution in [1.82, 2.24) is 9.97 Å². The summed E-state index contributed by atoms with van der Waals surface area (Å²) in [5.41, 5.74) is 1.91. The molecule has 0 fully saturated rings. The molecular weight excluding hydrogens is 188 g/mol. The lowest BCUT2D eigenvalue weighted by Crippen LogP contribution is -1.90. The number of hydrogen-bond acceptors (Lipinski definition) is 3. The molecule has 3 heteroatoms. The standard InChI is InChI=1S/C12H12N2O/c1-9-6-12(7-10(2)14-9)15-11-4-3-5-13-8-11/h3-8H,1-2H3. The Balaban J connectivity index is 2.25. The monoisotopic (exact) mass is 200 g/mol. The predicted molar refractivity (Wildman–Crippen MR) is 58.0 cm³/mol. The first-order valence-corrected chi connectivity index (χ1v) is 4.77. The first-order valence-electron chi connectivity index (χ1n) is 4.77. The van der Waals surface area contributed by atoms with Crippen LogP contribution >= 0.6 is 0 Å². The summed E-state index contributed by atoms with van der Waals surface area (Å²) in [5, 5.41) is 0. The molecule has 0 saturated heterocycles. The minimum Gasteiger partial charge on any atom is -0.456 e. The molecule has 2 aromatic rings. The summed E-state index contributed by atoms with van der Waals surface area (Å²) in [5.74, 6) is 1.54. The third-order valence-corrected chi connectivity index (χ3v) is 1.93. The maximum Gasteiger partial charge on any atom is 0.145 e. The van der Waals surface area contributed by atoms with Gasteiger partial charge >= 0.3 is 0 Å². The zero-order chi connectivity index (χ0) is 10.7. The van der Waals surface area contributed by atoms with Gasteiger partial charge in [0.15, 0.2) is 0 Å². The number of aromatic nitrogens is 2. The average molecular weight is 200 g/mol. The number of ether oxygens (including phenoxy) is 1. The van der Waals surface area contributed by atoms with Crippen LogP contribution in [-0.2, 0) is 0 Å². The van der Waals surface area contributed by atoms with E-state index in [0.29, 0.717) is 0 Å². The average Bonchev–Trinajstić information content (AvgIpc) is 2.17. The van der Waals surface area contributed by atoms with E-state index in [4.69, 9.17) is 4.74 Å². The van der Waals surface area contributed by atoms with Crippen LogP contribution in [0.2, 0.25) is 0 Å². The van der Waals surface area contributed by atoms with Crippen LogP contribution in [0.25, 0.3) is 0 Å². The molecule has 0 atom stereocenters. The second kappa shape index (κ2) is 4.09. The maximum atomic E-state index is 5.64. The number of nitrogens with zero attached hydrogens (tertiary/aromatic N) is 2. The summed E-state index contributed by atoms with van der Waals surface area (Å²) >= 11 is 0. The Bertz CT molecular complexity index is 434. The smallest absolute Gasteiger partial charge is 0.145 e. The first kappa shape index (κ1) is 9.65. The third-order valence-electron chi connectivity index (χ3n) is 1.93. The Labute approximate surface area is 88.8 Å². The summed E-state index contributed by atoms with van der Waals surface area (Å²) in [4.78, 5) is 8.27. The molecule has 0 aliphatic rings. The Kier molecular flexibility index (Phi) is 2.63. The summed E-state index contributed by atoms with van der Waals surface area (Å²) in [7, 11) is 0. The number of rotatable bonds is 2. The fourth-order valence-electron chi connectivity index (χ4n) is 1.40. The van der Waals surface area contributed by atoms with Gasteiger partial charge in [0.2, 0.25) is 0 Å². The highest BCUT2D eigenvalue weighted by Crippen LogP contribution is 2.21. The van der Waals surface area contributed by atoms with Crippen molar-refractivity contribution in [1.29, 1.82) is 0 Å². The van der Waals surface area contributed by atoms with E-state index in [1.807, 2.05) is 38.1 Å². The van der Waals surface area contributed by atoms with E-state index in [1.165, 1.54) is 0 Å². The zero-order valence-electron chi connectivity index (χ0n) is 8.77. The van der Waals surface area contributed by atoms with Gasteiger partial charge in [0.05, 0.1) is 6.20 Å². The summed E-state index contributed by atoms with van der Waals surface area (Å²) < 4.78 is 5.64. The van der Waals surface area contributed by atoms with E-state index in [-0.39, 0.29) is 0 Å². The van der Waals surface area contributed by atoms with Crippen molar-refractivity contribution in [2.24, 2.45) is 0 Å². The molecule has 2 aromatic heterocycles. The van der Waals surface area contributed by atoms with Gasteiger partial charge in [-0.3, -0.25) is 9.97 Å². The van der Waals surface area contributed by atoms with Gasteiger partial charge in [0.1, 0.15) is 11.5 Å². The van der Waals surface area contributed by atoms with Gasteiger partial charge < -0.3 is 4.74 Å². The molecule has 0 spiro atoms. The van der Waals surface area contributed by atoms with E-state index in [0.717, 1.165) is 22.9 Å². The molecule has 0 unspecified atom stereocenters. The van der Waals surface area contributed by atoms with E-state index < -0.39 is 0 Å². The van der Waals surface area contributed by atoms with Crippen LogP contribution in [0.5, 0.6) is 11.5 Å². The molecule has 0 saturated carbocycles. The topological polar surface area (TPSA) is 35.0 Å². The van der Waals surface area contributed by atoms with Gasteiger partial charge in [-0.15, -0.1) is 0 Å². The van der Waals surface area contributed by atoms with Crippen molar-refractivity contribution in [2.45, 2.75) is 13.8 Å². The molecule has 0 aliphatic heterocycles. The second-order valence-electron chi connectivity index (χ2n) is 3.38. The van der Waals surface area contributed by atoms with E-state index in [2.05, 4.69) is 9.97 Å². The zero-order valence-corrected chi connectivity index (χ0v) is 8.77. The van der Waals surface area contributed by atoms with Crippen LogP contribution in [0.1, 0.15) is 11.4 Å². The fraction of sp³-hybridized carbons (Fsp3) is 0.167. The van der Waals surface area contributed by atoms with Crippen molar-refractivity contribution in [3.05, 3.63) is 48.0 Å². The quantitative estimate of drug-likeness (QED) is 0.747. The molecular formula is C12H12N2O. The third kappa shape index (κ3) is 2.53. The molecule has 0 N–H and O–H groups in total. The SMILES string of the molecule is Cc1cc(Oc2cccnc2)cc(C)n1. The van der Waals surface area contributed by atoms with Gasteiger partial charge in [-0.1, -0.05) is 0 Å². The molecule has 3 nitrogen and oxygen atoms in total. The number of pyridine rings is 2. The van der Waals surface area contributed by atoms with Crippen LogP contribution in [0.4, 0.5) is 0 Å². The lowest BCUT2D eigenvalue weighted by atomic mass is 10.3. The predicted octanol–water partition coefficient (Wildman–Crippen LogP) is 2.89.